The molecule has 0 amide bonds. The fraction of sp³-hybridized carbons (Fsp3) is 0.200. The molecule has 1 aromatic rings. The highest BCUT2D eigenvalue weighted by molar-refractivity contribution is 5.72. The lowest BCUT2D eigenvalue weighted by Gasteiger charge is -1.94. The highest BCUT2D eigenvalue weighted by Gasteiger charge is 2.22. The molecule has 0 aromatic carbocycles. The molecule has 1 rings (SSSR count). The number of hydrogen-bond acceptors (Lipinski definition) is 3. The molecule has 0 aliphatic carbocycles. The molecule has 0 radical (unpaired) electrons. The van der Waals surface area contributed by atoms with E-state index in [-0.39, 0.29) is 5.76 Å². The molecule has 0 saturated carbocycles. The smallest absolute Gasteiger partial charge is 0.370 e. The molecular formula is C5H7N2O4+. The molecule has 60 valence electrons. The third kappa shape index (κ3) is 1.47. The lowest BCUT2D eigenvalue weighted by Crippen LogP contribution is -2.57. The van der Waals surface area contributed by atoms with Gasteiger partial charge in [-0.1, -0.05) is 0 Å². The van der Waals surface area contributed by atoms with Crippen LogP contribution in [0.5, 0.6) is 0 Å². The number of carboxylic acids is 1. The first-order chi connectivity index (χ1) is 5.11. The number of aliphatic carboxylic acids is 1. The van der Waals surface area contributed by atoms with Crippen molar-refractivity contribution in [3.63, 3.8) is 0 Å². The summed E-state index contributed by atoms with van der Waals surface area (Å²) in [7, 11) is 0. The number of rotatable bonds is 2. The van der Waals surface area contributed by atoms with Crippen LogP contribution in [0.1, 0.15) is 11.8 Å². The maximum Gasteiger partial charge on any atom is 0.370 e. The molecular weight excluding hydrogens is 152 g/mol. The minimum atomic E-state index is -1.13. The van der Waals surface area contributed by atoms with Crippen molar-refractivity contribution in [2.45, 2.75) is 6.04 Å². The third-order valence-corrected chi connectivity index (χ3v) is 1.18. The predicted molar refractivity (Wildman–Crippen MR) is 32.6 cm³/mol. The standard InChI is InChI=1S/C5H6N2O4/c6-4(5(9)10)2-1-3(8)7-11-2/h1,4H,6H2,(H,7,8)(H,9,10)/p+1. The van der Waals surface area contributed by atoms with Crippen molar-refractivity contribution in [2.75, 3.05) is 0 Å². The lowest BCUT2D eigenvalue weighted by molar-refractivity contribution is -0.417. The van der Waals surface area contributed by atoms with Crippen LogP contribution in [0.15, 0.2) is 15.4 Å². The highest BCUT2D eigenvalue weighted by Crippen LogP contribution is 2.02. The average Bonchev–Trinajstić information content (AvgIpc) is 2.34. The molecule has 0 aliphatic rings. The summed E-state index contributed by atoms with van der Waals surface area (Å²) in [6.45, 7) is 0. The van der Waals surface area contributed by atoms with Crippen LogP contribution in [0.2, 0.25) is 0 Å². The van der Waals surface area contributed by atoms with Gasteiger partial charge in [-0.2, -0.15) is 5.16 Å². The van der Waals surface area contributed by atoms with Gasteiger partial charge in [-0.05, 0) is 0 Å². The van der Waals surface area contributed by atoms with Gasteiger partial charge in [0.15, 0.2) is 0 Å². The number of quaternary nitrogens is 1. The molecule has 0 bridgehead atoms. The molecule has 6 nitrogen and oxygen atoms in total. The maximum atomic E-state index is 10.4. The van der Waals surface area contributed by atoms with Gasteiger partial charge in [0.05, 0.1) is 6.07 Å². The van der Waals surface area contributed by atoms with E-state index < -0.39 is 17.6 Å². The van der Waals surface area contributed by atoms with Crippen molar-refractivity contribution >= 4 is 5.97 Å². The number of carbonyl (C=O) groups is 1. The van der Waals surface area contributed by atoms with Gasteiger partial charge < -0.3 is 15.4 Å². The first-order valence-electron chi connectivity index (χ1n) is 2.85. The van der Waals surface area contributed by atoms with Crippen LogP contribution in [-0.2, 0) is 4.79 Å². The molecule has 11 heavy (non-hydrogen) atoms. The Morgan fingerprint density at radius 3 is 2.82 bits per heavy atom. The van der Waals surface area contributed by atoms with Crippen molar-refractivity contribution < 1.29 is 20.2 Å². The van der Waals surface area contributed by atoms with Crippen molar-refractivity contribution in [3.05, 3.63) is 22.2 Å². The van der Waals surface area contributed by atoms with Gasteiger partial charge in [0.25, 0.3) is 5.56 Å². The number of H-pyrrole nitrogens is 1. The Hall–Kier alpha value is -1.56. The monoisotopic (exact) mass is 159 g/mol. The van der Waals surface area contributed by atoms with Crippen LogP contribution in [0, 0.1) is 0 Å². The van der Waals surface area contributed by atoms with E-state index in [1.165, 1.54) is 0 Å². The summed E-state index contributed by atoms with van der Waals surface area (Å²) < 4.78 is 4.51. The van der Waals surface area contributed by atoms with E-state index >= 15 is 0 Å². The minimum absolute atomic E-state index is 0.0301. The molecule has 5 N–H and O–H groups in total. The highest BCUT2D eigenvalue weighted by atomic mass is 16.5. The zero-order valence-electron chi connectivity index (χ0n) is 5.53. The zero-order chi connectivity index (χ0) is 8.43. The Balaban J connectivity index is 2.93. The van der Waals surface area contributed by atoms with Crippen molar-refractivity contribution in [3.8, 4) is 0 Å². The van der Waals surface area contributed by atoms with Gasteiger partial charge in [0.1, 0.15) is 0 Å². The Kier molecular flexibility index (Phi) is 1.77. The van der Waals surface area contributed by atoms with Crippen molar-refractivity contribution in [1.82, 2.24) is 5.16 Å². The van der Waals surface area contributed by atoms with E-state index in [2.05, 4.69) is 10.3 Å². The van der Waals surface area contributed by atoms with Crippen LogP contribution < -0.4 is 11.3 Å². The second kappa shape index (κ2) is 2.59. The largest absolute Gasteiger partial charge is 0.476 e. The van der Waals surface area contributed by atoms with Crippen LogP contribution >= 0.6 is 0 Å². The summed E-state index contributed by atoms with van der Waals surface area (Å²) in [5, 5.41) is 10.4. The second-order valence-electron chi connectivity index (χ2n) is 2.01. The van der Waals surface area contributed by atoms with Gasteiger partial charge >= 0.3 is 5.97 Å². The van der Waals surface area contributed by atoms with Gasteiger partial charge in [0.2, 0.25) is 11.8 Å². The number of hydrogen-bond donors (Lipinski definition) is 3. The topological polar surface area (TPSA) is 111 Å². The van der Waals surface area contributed by atoms with Crippen LogP contribution in [-0.4, -0.2) is 16.2 Å². The Bertz CT molecular complexity index is 312. The van der Waals surface area contributed by atoms with Crippen molar-refractivity contribution in [2.24, 2.45) is 0 Å². The average molecular weight is 159 g/mol. The number of nitrogens with one attached hydrogen (secondary N) is 1. The first-order valence-corrected chi connectivity index (χ1v) is 2.85. The molecule has 1 aromatic heterocycles. The summed E-state index contributed by atoms with van der Waals surface area (Å²) >= 11 is 0. The number of aromatic nitrogens is 1. The fourth-order valence-corrected chi connectivity index (χ4v) is 0.591. The predicted octanol–water partition coefficient (Wildman–Crippen LogP) is -1.66. The molecule has 0 fully saturated rings. The second-order valence-corrected chi connectivity index (χ2v) is 2.01. The Morgan fingerprint density at radius 2 is 2.45 bits per heavy atom. The summed E-state index contributed by atoms with van der Waals surface area (Å²) in [6.07, 6.45) is 0. The van der Waals surface area contributed by atoms with Gasteiger partial charge in [0, 0.05) is 0 Å². The molecule has 0 saturated heterocycles. The first kappa shape index (κ1) is 7.55. The van der Waals surface area contributed by atoms with E-state index in [1.54, 1.807) is 0 Å². The summed E-state index contributed by atoms with van der Waals surface area (Å²) in [6, 6.07) is 0.0279. The Morgan fingerprint density at radius 1 is 1.82 bits per heavy atom. The van der Waals surface area contributed by atoms with E-state index in [0.717, 1.165) is 6.07 Å². The zero-order valence-corrected chi connectivity index (χ0v) is 5.53. The van der Waals surface area contributed by atoms with Crippen LogP contribution in [0.25, 0.3) is 0 Å². The quantitative estimate of drug-likeness (QED) is 0.479. The minimum Gasteiger partial charge on any atom is -0.476 e. The normalized spacial score (nSPS) is 12.8. The maximum absolute atomic E-state index is 10.4. The summed E-state index contributed by atoms with van der Waals surface area (Å²) in [4.78, 5) is 20.7. The third-order valence-electron chi connectivity index (χ3n) is 1.18. The van der Waals surface area contributed by atoms with Crippen LogP contribution in [0.4, 0.5) is 0 Å². The van der Waals surface area contributed by atoms with Crippen LogP contribution in [0.3, 0.4) is 0 Å². The van der Waals surface area contributed by atoms with E-state index in [9.17, 15) is 9.59 Å². The fourth-order valence-electron chi connectivity index (χ4n) is 0.591. The molecule has 1 unspecified atom stereocenters. The van der Waals surface area contributed by atoms with Gasteiger partial charge in [-0.15, -0.1) is 0 Å². The SMILES string of the molecule is [NH3+]C(C(=O)O)c1cc(=O)[nH]o1. The van der Waals surface area contributed by atoms with E-state index in [1.807, 2.05) is 5.16 Å². The van der Waals surface area contributed by atoms with E-state index in [4.69, 9.17) is 5.11 Å². The molecule has 0 aliphatic heterocycles. The molecule has 6 heteroatoms. The molecule has 1 atom stereocenters. The molecule has 0 spiro atoms. The number of aromatic amines is 1. The van der Waals surface area contributed by atoms with E-state index in [0.29, 0.717) is 0 Å². The van der Waals surface area contributed by atoms with Gasteiger partial charge in [-0.3, -0.25) is 4.79 Å². The Labute approximate surface area is 60.6 Å². The van der Waals surface area contributed by atoms with Gasteiger partial charge in [-0.25, -0.2) is 4.79 Å². The number of carboxylic acid groups (broad SMARTS) is 1. The molecule has 1 heterocycles. The summed E-state index contributed by atoms with van der Waals surface area (Å²) in [5.41, 5.74) is 2.81. The lowest BCUT2D eigenvalue weighted by atomic mass is 10.2. The van der Waals surface area contributed by atoms with Crippen molar-refractivity contribution in [1.29, 1.82) is 0 Å². The summed E-state index contributed by atoms with van der Waals surface area (Å²) in [5.74, 6) is -1.10.